The van der Waals surface area contributed by atoms with Crippen molar-refractivity contribution in [3.05, 3.63) is 54.3 Å². The minimum atomic E-state index is -0.375. The molecule has 0 aliphatic heterocycles. The molecule has 0 fully saturated rings. The third kappa shape index (κ3) is 2.18. The number of aromatic hydroxyl groups is 1. The number of halogens is 1. The van der Waals surface area contributed by atoms with Crippen LogP contribution >= 0.6 is 0 Å². The van der Waals surface area contributed by atoms with E-state index >= 15 is 0 Å². The first-order chi connectivity index (χ1) is 9.24. The van der Waals surface area contributed by atoms with E-state index in [0.717, 1.165) is 10.9 Å². The highest BCUT2D eigenvalue weighted by Crippen LogP contribution is 2.35. The predicted molar refractivity (Wildman–Crippen MR) is 70.5 cm³/mol. The molecular formula is C14H10FN3O. The Morgan fingerprint density at radius 2 is 1.84 bits per heavy atom. The van der Waals surface area contributed by atoms with Gasteiger partial charge in [-0.2, -0.15) is 5.11 Å². The molecule has 0 saturated heterocycles. The van der Waals surface area contributed by atoms with E-state index in [9.17, 15) is 9.50 Å². The first-order valence-corrected chi connectivity index (χ1v) is 5.71. The highest BCUT2D eigenvalue weighted by atomic mass is 19.1. The van der Waals surface area contributed by atoms with Gasteiger partial charge in [0.2, 0.25) is 5.88 Å². The molecule has 0 bridgehead atoms. The molecule has 19 heavy (non-hydrogen) atoms. The van der Waals surface area contributed by atoms with Crippen LogP contribution in [0.4, 0.5) is 15.8 Å². The summed E-state index contributed by atoms with van der Waals surface area (Å²) in [6, 6.07) is 13.2. The SMILES string of the molecule is Oc1[nH]c2ccccc2c1N=Nc1cccc(F)c1. The Balaban J connectivity index is 2.03. The fraction of sp³-hybridized carbons (Fsp3) is 0. The van der Waals surface area contributed by atoms with Crippen LogP contribution in [-0.4, -0.2) is 10.1 Å². The quantitative estimate of drug-likeness (QED) is 0.654. The van der Waals surface area contributed by atoms with E-state index in [0.29, 0.717) is 11.4 Å². The van der Waals surface area contributed by atoms with Crippen molar-refractivity contribution in [2.45, 2.75) is 0 Å². The van der Waals surface area contributed by atoms with Crippen LogP contribution in [0.2, 0.25) is 0 Å². The molecule has 0 spiro atoms. The lowest BCUT2D eigenvalue weighted by Crippen LogP contribution is -1.69. The second-order valence-corrected chi connectivity index (χ2v) is 4.05. The molecule has 5 heteroatoms. The Kier molecular flexibility index (Phi) is 2.72. The van der Waals surface area contributed by atoms with Gasteiger partial charge in [0.05, 0.1) is 11.2 Å². The summed E-state index contributed by atoms with van der Waals surface area (Å²) in [6.45, 7) is 0. The van der Waals surface area contributed by atoms with Crippen LogP contribution in [0.5, 0.6) is 5.88 Å². The van der Waals surface area contributed by atoms with Gasteiger partial charge in [-0.1, -0.05) is 24.3 Å². The second-order valence-electron chi connectivity index (χ2n) is 4.05. The number of para-hydroxylation sites is 1. The van der Waals surface area contributed by atoms with Crippen LogP contribution in [0.15, 0.2) is 58.8 Å². The molecule has 94 valence electrons. The van der Waals surface area contributed by atoms with Gasteiger partial charge in [-0.25, -0.2) is 4.39 Å². The zero-order valence-electron chi connectivity index (χ0n) is 9.84. The number of benzene rings is 2. The Bertz CT molecular complexity index is 764. The molecule has 0 unspecified atom stereocenters. The van der Waals surface area contributed by atoms with Crippen molar-refractivity contribution in [3.63, 3.8) is 0 Å². The van der Waals surface area contributed by atoms with Gasteiger partial charge in [0.15, 0.2) is 5.69 Å². The molecule has 0 radical (unpaired) electrons. The lowest BCUT2D eigenvalue weighted by atomic mass is 10.2. The summed E-state index contributed by atoms with van der Waals surface area (Å²) in [4.78, 5) is 2.80. The topological polar surface area (TPSA) is 60.7 Å². The Labute approximate surface area is 108 Å². The summed E-state index contributed by atoms with van der Waals surface area (Å²) in [5.74, 6) is -0.430. The fourth-order valence-electron chi connectivity index (χ4n) is 1.86. The molecule has 1 aromatic heterocycles. The summed E-state index contributed by atoms with van der Waals surface area (Å²) in [6.07, 6.45) is 0. The zero-order valence-corrected chi connectivity index (χ0v) is 9.84. The maximum atomic E-state index is 13.0. The molecule has 0 saturated carbocycles. The number of fused-ring (bicyclic) bond motifs is 1. The highest BCUT2D eigenvalue weighted by molar-refractivity contribution is 5.94. The van der Waals surface area contributed by atoms with E-state index < -0.39 is 0 Å². The van der Waals surface area contributed by atoms with Gasteiger partial charge in [-0.15, -0.1) is 5.11 Å². The average molecular weight is 255 g/mol. The van der Waals surface area contributed by atoms with Gasteiger partial charge in [-0.3, -0.25) is 0 Å². The standard InChI is InChI=1S/C14H10FN3O/c15-9-4-3-5-10(8-9)17-18-13-11-6-1-2-7-12(11)16-14(13)19/h1-8,16,19H. The molecule has 0 amide bonds. The molecule has 4 nitrogen and oxygen atoms in total. The second kappa shape index (κ2) is 4.53. The number of nitrogens with zero attached hydrogens (tertiary/aromatic N) is 2. The molecule has 2 aromatic carbocycles. The summed E-state index contributed by atoms with van der Waals surface area (Å²) < 4.78 is 13.0. The number of aromatic amines is 1. The van der Waals surface area contributed by atoms with Crippen LogP contribution in [0, 0.1) is 5.82 Å². The molecule has 3 aromatic rings. The van der Waals surface area contributed by atoms with Crippen molar-refractivity contribution in [2.24, 2.45) is 10.2 Å². The molecule has 0 atom stereocenters. The van der Waals surface area contributed by atoms with Crippen molar-refractivity contribution in [1.29, 1.82) is 0 Å². The molecule has 0 aliphatic rings. The number of hydrogen-bond acceptors (Lipinski definition) is 3. The minimum absolute atomic E-state index is 0.0543. The van der Waals surface area contributed by atoms with E-state index in [1.165, 1.54) is 12.1 Å². The van der Waals surface area contributed by atoms with Gasteiger partial charge < -0.3 is 10.1 Å². The maximum absolute atomic E-state index is 13.0. The van der Waals surface area contributed by atoms with Gasteiger partial charge in [0.1, 0.15) is 5.82 Å². The third-order valence-corrected chi connectivity index (χ3v) is 2.73. The monoisotopic (exact) mass is 255 g/mol. The van der Waals surface area contributed by atoms with Gasteiger partial charge in [0, 0.05) is 11.5 Å². The molecular weight excluding hydrogens is 245 g/mol. The van der Waals surface area contributed by atoms with Crippen molar-refractivity contribution >= 4 is 22.3 Å². The summed E-state index contributed by atoms with van der Waals surface area (Å²) in [7, 11) is 0. The van der Waals surface area contributed by atoms with Crippen LogP contribution in [0.25, 0.3) is 10.9 Å². The number of rotatable bonds is 2. The Morgan fingerprint density at radius 1 is 1.00 bits per heavy atom. The van der Waals surface area contributed by atoms with Crippen molar-refractivity contribution in [1.82, 2.24) is 4.98 Å². The van der Waals surface area contributed by atoms with Crippen LogP contribution < -0.4 is 0 Å². The van der Waals surface area contributed by atoms with E-state index in [-0.39, 0.29) is 11.7 Å². The van der Waals surface area contributed by atoms with E-state index in [2.05, 4.69) is 15.2 Å². The molecule has 1 heterocycles. The number of azo groups is 1. The van der Waals surface area contributed by atoms with Crippen molar-refractivity contribution < 1.29 is 9.50 Å². The first-order valence-electron chi connectivity index (χ1n) is 5.71. The Hall–Kier alpha value is -2.69. The minimum Gasteiger partial charge on any atom is -0.493 e. The zero-order chi connectivity index (χ0) is 13.2. The van der Waals surface area contributed by atoms with E-state index in [1.54, 1.807) is 12.1 Å². The maximum Gasteiger partial charge on any atom is 0.218 e. The number of hydrogen-bond donors (Lipinski definition) is 2. The van der Waals surface area contributed by atoms with E-state index in [4.69, 9.17) is 0 Å². The highest BCUT2D eigenvalue weighted by Gasteiger charge is 2.09. The molecule has 3 rings (SSSR count). The van der Waals surface area contributed by atoms with Gasteiger partial charge >= 0.3 is 0 Å². The average Bonchev–Trinajstić information content (AvgIpc) is 2.72. The van der Waals surface area contributed by atoms with E-state index in [1.807, 2.05) is 24.3 Å². The fourth-order valence-corrected chi connectivity index (χ4v) is 1.86. The van der Waals surface area contributed by atoms with Crippen LogP contribution in [0.1, 0.15) is 0 Å². The summed E-state index contributed by atoms with van der Waals surface area (Å²) >= 11 is 0. The number of H-pyrrole nitrogens is 1. The first kappa shape index (κ1) is 11.4. The van der Waals surface area contributed by atoms with Crippen molar-refractivity contribution in [3.8, 4) is 5.88 Å². The predicted octanol–water partition coefficient (Wildman–Crippen LogP) is 4.43. The third-order valence-electron chi connectivity index (χ3n) is 2.73. The lowest BCUT2D eigenvalue weighted by molar-refractivity contribution is 0.459. The summed E-state index contributed by atoms with van der Waals surface area (Å²) in [5, 5.41) is 18.5. The smallest absolute Gasteiger partial charge is 0.218 e. The van der Waals surface area contributed by atoms with Crippen molar-refractivity contribution in [2.75, 3.05) is 0 Å². The Morgan fingerprint density at radius 3 is 2.68 bits per heavy atom. The van der Waals surface area contributed by atoms with Gasteiger partial charge in [0.25, 0.3) is 0 Å². The van der Waals surface area contributed by atoms with Gasteiger partial charge in [-0.05, 0) is 18.2 Å². The largest absolute Gasteiger partial charge is 0.493 e. The summed E-state index contributed by atoms with van der Waals surface area (Å²) in [5.41, 5.74) is 1.51. The normalized spacial score (nSPS) is 11.4. The molecule has 2 N–H and O–H groups in total. The van der Waals surface area contributed by atoms with Crippen LogP contribution in [-0.2, 0) is 0 Å². The van der Waals surface area contributed by atoms with Crippen LogP contribution in [0.3, 0.4) is 0 Å². The number of aromatic nitrogens is 1. The number of nitrogens with one attached hydrogen (secondary N) is 1. The lowest BCUT2D eigenvalue weighted by Gasteiger charge is -1.93. The molecule has 0 aliphatic carbocycles.